The van der Waals surface area contributed by atoms with Gasteiger partial charge in [0.25, 0.3) is 11.8 Å². The summed E-state index contributed by atoms with van der Waals surface area (Å²) in [5.74, 6) is -0.631. The summed E-state index contributed by atoms with van der Waals surface area (Å²) in [4.78, 5) is 28.8. The quantitative estimate of drug-likeness (QED) is 0.408. The number of rotatable bonds is 7. The summed E-state index contributed by atoms with van der Waals surface area (Å²) >= 11 is 0. The van der Waals surface area contributed by atoms with Gasteiger partial charge < -0.3 is 5.32 Å². The first kappa shape index (κ1) is 23.5. The Hall–Kier alpha value is -3.66. The predicted octanol–water partition coefficient (Wildman–Crippen LogP) is 6.66. The SMILES string of the molecule is CCCCc1ccc(N2C(=O)C(Nc3cccc(C)c3C)=C(c3ccc(C)cc3C)C2=O)cc1. The van der Waals surface area contributed by atoms with Gasteiger partial charge in [0.1, 0.15) is 5.70 Å². The van der Waals surface area contributed by atoms with E-state index >= 15 is 0 Å². The van der Waals surface area contributed by atoms with E-state index in [1.54, 1.807) is 0 Å². The van der Waals surface area contributed by atoms with Gasteiger partial charge in [-0.2, -0.15) is 0 Å². The summed E-state index contributed by atoms with van der Waals surface area (Å²) in [6, 6.07) is 19.7. The lowest BCUT2D eigenvalue weighted by atomic mass is 9.97. The highest BCUT2D eigenvalue weighted by atomic mass is 16.2. The van der Waals surface area contributed by atoms with Crippen molar-refractivity contribution in [1.82, 2.24) is 0 Å². The van der Waals surface area contributed by atoms with Crippen molar-refractivity contribution >= 4 is 28.8 Å². The van der Waals surface area contributed by atoms with Gasteiger partial charge in [-0.15, -0.1) is 0 Å². The van der Waals surface area contributed by atoms with E-state index in [0.29, 0.717) is 17.0 Å². The third-order valence-corrected chi connectivity index (χ3v) is 6.61. The van der Waals surface area contributed by atoms with Gasteiger partial charge in [0.2, 0.25) is 0 Å². The van der Waals surface area contributed by atoms with Gasteiger partial charge in [-0.25, -0.2) is 4.90 Å². The zero-order valence-corrected chi connectivity index (χ0v) is 20.7. The maximum absolute atomic E-state index is 13.8. The molecule has 1 heterocycles. The Labute approximate surface area is 202 Å². The van der Waals surface area contributed by atoms with E-state index in [0.717, 1.165) is 52.8 Å². The van der Waals surface area contributed by atoms with E-state index < -0.39 is 0 Å². The van der Waals surface area contributed by atoms with Gasteiger partial charge >= 0.3 is 0 Å². The van der Waals surface area contributed by atoms with Crippen molar-refractivity contribution in [2.75, 3.05) is 10.2 Å². The highest BCUT2D eigenvalue weighted by Crippen LogP contribution is 2.36. The van der Waals surface area contributed by atoms with Crippen molar-refractivity contribution in [1.29, 1.82) is 0 Å². The molecule has 0 saturated carbocycles. The Bertz CT molecular complexity index is 1290. The van der Waals surface area contributed by atoms with Crippen LogP contribution in [-0.2, 0) is 16.0 Å². The van der Waals surface area contributed by atoms with Gasteiger partial charge in [-0.3, -0.25) is 9.59 Å². The third-order valence-electron chi connectivity index (χ3n) is 6.61. The molecule has 174 valence electrons. The number of nitrogens with one attached hydrogen (secondary N) is 1. The zero-order chi connectivity index (χ0) is 24.4. The highest BCUT2D eigenvalue weighted by molar-refractivity contribution is 6.46. The number of hydrogen-bond donors (Lipinski definition) is 1. The lowest BCUT2D eigenvalue weighted by molar-refractivity contribution is -0.120. The van der Waals surface area contributed by atoms with Gasteiger partial charge in [0.15, 0.2) is 0 Å². The molecule has 4 nitrogen and oxygen atoms in total. The maximum atomic E-state index is 13.8. The molecule has 0 aliphatic carbocycles. The highest BCUT2D eigenvalue weighted by Gasteiger charge is 2.40. The average Bonchev–Trinajstić information content (AvgIpc) is 3.05. The summed E-state index contributed by atoms with van der Waals surface area (Å²) in [6.07, 6.45) is 3.23. The Morgan fingerprint density at radius 1 is 0.824 bits per heavy atom. The van der Waals surface area contributed by atoms with Crippen LogP contribution < -0.4 is 10.2 Å². The van der Waals surface area contributed by atoms with Crippen LogP contribution in [-0.4, -0.2) is 11.8 Å². The molecule has 1 aliphatic heterocycles. The van der Waals surface area contributed by atoms with Crippen LogP contribution in [0.1, 0.15) is 53.1 Å². The molecular formula is C30H32N2O2. The molecule has 0 unspecified atom stereocenters. The average molecular weight is 453 g/mol. The van der Waals surface area contributed by atoms with Crippen LogP contribution in [0.5, 0.6) is 0 Å². The minimum absolute atomic E-state index is 0.300. The normalized spacial score (nSPS) is 13.7. The molecule has 4 heteroatoms. The summed E-state index contributed by atoms with van der Waals surface area (Å²) < 4.78 is 0. The zero-order valence-electron chi connectivity index (χ0n) is 20.7. The Morgan fingerprint density at radius 2 is 1.56 bits per heavy atom. The van der Waals surface area contributed by atoms with Gasteiger partial charge in [-0.05, 0) is 86.6 Å². The van der Waals surface area contributed by atoms with E-state index in [9.17, 15) is 9.59 Å². The molecule has 3 aromatic carbocycles. The number of nitrogens with zero attached hydrogens (tertiary/aromatic N) is 1. The van der Waals surface area contributed by atoms with Gasteiger partial charge in [-0.1, -0.05) is 61.4 Å². The van der Waals surface area contributed by atoms with Crippen LogP contribution in [0.15, 0.2) is 66.4 Å². The molecule has 1 N–H and O–H groups in total. The van der Waals surface area contributed by atoms with Crippen molar-refractivity contribution in [3.05, 3.63) is 99.7 Å². The molecule has 0 bridgehead atoms. The second-order valence-electron chi connectivity index (χ2n) is 9.16. The van der Waals surface area contributed by atoms with E-state index in [1.165, 1.54) is 10.5 Å². The smallest absolute Gasteiger partial charge is 0.282 e. The standard InChI is InChI=1S/C30H32N2O2/c1-6-7-10-23-13-15-24(16-14-23)32-29(33)27(25-17-12-19(2)18-21(25)4)28(30(32)34)31-26-11-8-9-20(3)22(26)5/h8-9,11-18,31H,6-7,10H2,1-5H3. The van der Waals surface area contributed by atoms with Crippen LogP contribution in [0.2, 0.25) is 0 Å². The van der Waals surface area contributed by atoms with Crippen molar-refractivity contribution in [2.24, 2.45) is 0 Å². The van der Waals surface area contributed by atoms with Crippen LogP contribution in [0.4, 0.5) is 11.4 Å². The molecule has 3 aromatic rings. The minimum Gasteiger partial charge on any atom is -0.350 e. The maximum Gasteiger partial charge on any atom is 0.282 e. The van der Waals surface area contributed by atoms with Crippen LogP contribution >= 0.6 is 0 Å². The van der Waals surface area contributed by atoms with Crippen LogP contribution in [0, 0.1) is 27.7 Å². The number of anilines is 2. The van der Waals surface area contributed by atoms with Crippen LogP contribution in [0.3, 0.4) is 0 Å². The van der Waals surface area contributed by atoms with Gasteiger partial charge in [0, 0.05) is 5.69 Å². The number of carbonyl (C=O) groups is 2. The van der Waals surface area contributed by atoms with Gasteiger partial charge in [0.05, 0.1) is 11.3 Å². The van der Waals surface area contributed by atoms with E-state index in [4.69, 9.17) is 0 Å². The molecule has 4 rings (SSSR count). The van der Waals surface area contributed by atoms with Crippen molar-refractivity contribution in [3.63, 3.8) is 0 Å². The molecule has 0 aromatic heterocycles. The summed E-state index contributed by atoms with van der Waals surface area (Å²) in [7, 11) is 0. The second-order valence-corrected chi connectivity index (χ2v) is 9.16. The summed E-state index contributed by atoms with van der Waals surface area (Å²) in [5.41, 5.74) is 8.39. The summed E-state index contributed by atoms with van der Waals surface area (Å²) in [5, 5.41) is 3.33. The Balaban J connectivity index is 1.79. The Kier molecular flexibility index (Phi) is 6.69. The summed E-state index contributed by atoms with van der Waals surface area (Å²) in [6.45, 7) is 10.2. The first-order chi connectivity index (χ1) is 16.3. The topological polar surface area (TPSA) is 49.4 Å². The second kappa shape index (κ2) is 9.68. The molecule has 0 fully saturated rings. The Morgan fingerprint density at radius 3 is 2.24 bits per heavy atom. The van der Waals surface area contributed by atoms with Crippen LogP contribution in [0.25, 0.3) is 5.57 Å². The monoisotopic (exact) mass is 452 g/mol. The van der Waals surface area contributed by atoms with E-state index in [2.05, 4.69) is 12.2 Å². The van der Waals surface area contributed by atoms with E-state index in [-0.39, 0.29) is 11.8 Å². The third kappa shape index (κ3) is 4.41. The fraction of sp³-hybridized carbons (Fsp3) is 0.267. The molecule has 0 spiro atoms. The number of aryl methyl sites for hydroxylation is 4. The minimum atomic E-state index is -0.331. The fourth-order valence-electron chi connectivity index (χ4n) is 4.44. The fourth-order valence-corrected chi connectivity index (χ4v) is 4.44. The van der Waals surface area contributed by atoms with E-state index in [1.807, 2.05) is 88.4 Å². The van der Waals surface area contributed by atoms with Crippen molar-refractivity contribution in [2.45, 2.75) is 53.9 Å². The van der Waals surface area contributed by atoms with Crippen molar-refractivity contribution in [3.8, 4) is 0 Å². The molecular weight excluding hydrogens is 420 g/mol. The first-order valence-corrected chi connectivity index (χ1v) is 11.9. The number of unbranched alkanes of at least 4 members (excludes halogenated alkanes) is 1. The molecule has 34 heavy (non-hydrogen) atoms. The predicted molar refractivity (Wildman–Crippen MR) is 140 cm³/mol. The first-order valence-electron chi connectivity index (χ1n) is 11.9. The molecule has 0 saturated heterocycles. The lowest BCUT2D eigenvalue weighted by Crippen LogP contribution is -2.32. The molecule has 0 radical (unpaired) electrons. The largest absolute Gasteiger partial charge is 0.350 e. The lowest BCUT2D eigenvalue weighted by Gasteiger charge is -2.16. The molecule has 2 amide bonds. The number of hydrogen-bond acceptors (Lipinski definition) is 3. The van der Waals surface area contributed by atoms with Crippen molar-refractivity contribution < 1.29 is 9.59 Å². The number of amides is 2. The number of imide groups is 1. The molecule has 0 atom stereocenters. The molecule has 1 aliphatic rings. The number of benzene rings is 3. The number of carbonyl (C=O) groups excluding carboxylic acids is 2.